The van der Waals surface area contributed by atoms with Crippen molar-refractivity contribution in [2.24, 2.45) is 10.9 Å². The molecule has 3 aliphatic rings. The van der Waals surface area contributed by atoms with Crippen LogP contribution in [0.3, 0.4) is 0 Å². The van der Waals surface area contributed by atoms with E-state index < -0.39 is 0 Å². The standard InChI is InChI=1S/C26H44N6.HI/c1-27-26(28-13-6-7-14-30-19-17-29(2)18-20-30)32-16-12-25-24(22-32)11-8-15-31(25)21-23-9-4-3-5-10-23;/h3-5,9-10,24-25H,6-8,11-22H2,1-2H3,(H,27,28);1H. The molecule has 0 saturated carbocycles. The Morgan fingerprint density at radius 1 is 1.00 bits per heavy atom. The van der Waals surface area contributed by atoms with E-state index in [1.807, 2.05) is 7.05 Å². The third-order valence-corrected chi connectivity index (χ3v) is 7.70. The van der Waals surface area contributed by atoms with Gasteiger partial charge in [-0.25, -0.2) is 0 Å². The number of piperazine rings is 1. The van der Waals surface area contributed by atoms with Crippen molar-refractivity contribution in [3.63, 3.8) is 0 Å². The van der Waals surface area contributed by atoms with Crippen molar-refractivity contribution < 1.29 is 0 Å². The lowest BCUT2D eigenvalue weighted by atomic mass is 9.83. The SMILES string of the molecule is CN=C(NCCCCN1CCN(C)CC1)N1CCC2C(CCCN2Cc2ccccc2)C1.I. The van der Waals surface area contributed by atoms with Gasteiger partial charge < -0.3 is 20.0 Å². The Bertz CT molecular complexity index is 706. The zero-order valence-corrected chi connectivity index (χ0v) is 23.1. The van der Waals surface area contributed by atoms with Crippen molar-refractivity contribution in [1.82, 2.24) is 24.9 Å². The van der Waals surface area contributed by atoms with E-state index in [0.29, 0.717) is 0 Å². The lowest BCUT2D eigenvalue weighted by Gasteiger charge is -2.48. The summed E-state index contributed by atoms with van der Waals surface area (Å²) in [6.07, 6.45) is 6.42. The molecule has 4 rings (SSSR count). The highest BCUT2D eigenvalue weighted by Gasteiger charge is 2.36. The molecule has 6 nitrogen and oxygen atoms in total. The third kappa shape index (κ3) is 7.80. The molecule has 186 valence electrons. The molecule has 0 bridgehead atoms. The molecule has 2 unspecified atom stereocenters. The largest absolute Gasteiger partial charge is 0.356 e. The molecule has 1 aromatic rings. The summed E-state index contributed by atoms with van der Waals surface area (Å²) >= 11 is 0. The molecule has 0 aliphatic carbocycles. The zero-order chi connectivity index (χ0) is 22.2. The van der Waals surface area contributed by atoms with Gasteiger partial charge in [0.15, 0.2) is 5.96 Å². The van der Waals surface area contributed by atoms with Gasteiger partial charge in [0.25, 0.3) is 0 Å². The highest BCUT2D eigenvalue weighted by molar-refractivity contribution is 14.0. The summed E-state index contributed by atoms with van der Waals surface area (Å²) < 4.78 is 0. The normalized spacial score (nSPS) is 25.4. The Hall–Kier alpha value is -0.900. The van der Waals surface area contributed by atoms with E-state index in [1.165, 1.54) is 76.9 Å². The van der Waals surface area contributed by atoms with Crippen LogP contribution in [0.2, 0.25) is 0 Å². The van der Waals surface area contributed by atoms with Crippen LogP contribution < -0.4 is 5.32 Å². The Kier molecular flexibility index (Phi) is 11.2. The van der Waals surface area contributed by atoms with Crippen LogP contribution in [-0.4, -0.2) is 105 Å². The fourth-order valence-electron chi connectivity index (χ4n) is 5.78. The second-order valence-electron chi connectivity index (χ2n) is 9.99. The van der Waals surface area contributed by atoms with Crippen molar-refractivity contribution in [2.45, 2.75) is 44.7 Å². The quantitative estimate of drug-likeness (QED) is 0.237. The number of hydrogen-bond donors (Lipinski definition) is 1. The number of benzene rings is 1. The maximum Gasteiger partial charge on any atom is 0.193 e. The highest BCUT2D eigenvalue weighted by Crippen LogP contribution is 2.31. The second kappa shape index (κ2) is 13.9. The third-order valence-electron chi connectivity index (χ3n) is 7.70. The molecular formula is C26H45IN6. The first-order chi connectivity index (χ1) is 15.7. The van der Waals surface area contributed by atoms with E-state index in [4.69, 9.17) is 0 Å². The number of nitrogens with zero attached hydrogens (tertiary/aromatic N) is 5. The predicted octanol–water partition coefficient (Wildman–Crippen LogP) is 3.19. The summed E-state index contributed by atoms with van der Waals surface area (Å²) in [5.41, 5.74) is 1.45. The van der Waals surface area contributed by atoms with Crippen molar-refractivity contribution in [2.75, 3.05) is 73.0 Å². The molecule has 3 heterocycles. The lowest BCUT2D eigenvalue weighted by Crippen LogP contribution is -2.56. The number of rotatable bonds is 7. The number of fused-ring (bicyclic) bond motifs is 1. The van der Waals surface area contributed by atoms with Crippen LogP contribution in [0.5, 0.6) is 0 Å². The average Bonchev–Trinajstić information content (AvgIpc) is 2.83. The van der Waals surface area contributed by atoms with Gasteiger partial charge in [-0.15, -0.1) is 24.0 Å². The van der Waals surface area contributed by atoms with Crippen molar-refractivity contribution in [3.05, 3.63) is 35.9 Å². The van der Waals surface area contributed by atoms with E-state index >= 15 is 0 Å². The van der Waals surface area contributed by atoms with Crippen LogP contribution in [0.1, 0.15) is 37.7 Å². The minimum Gasteiger partial charge on any atom is -0.356 e. The van der Waals surface area contributed by atoms with Crippen LogP contribution in [0.25, 0.3) is 0 Å². The van der Waals surface area contributed by atoms with E-state index in [2.05, 4.69) is 67.3 Å². The van der Waals surface area contributed by atoms with Gasteiger partial charge in [-0.3, -0.25) is 9.89 Å². The first-order valence-electron chi connectivity index (χ1n) is 12.9. The van der Waals surface area contributed by atoms with Gasteiger partial charge in [0.2, 0.25) is 0 Å². The molecular weight excluding hydrogens is 523 g/mol. The number of unbranched alkanes of at least 4 members (excludes halogenated alkanes) is 1. The summed E-state index contributed by atoms with van der Waals surface area (Å²) in [5, 5.41) is 3.67. The number of likely N-dealkylation sites (tertiary alicyclic amines) is 2. The average molecular weight is 569 g/mol. The van der Waals surface area contributed by atoms with E-state index in [-0.39, 0.29) is 24.0 Å². The lowest BCUT2D eigenvalue weighted by molar-refractivity contribution is 0.0372. The number of halogens is 1. The van der Waals surface area contributed by atoms with Gasteiger partial charge in [0.1, 0.15) is 0 Å². The highest BCUT2D eigenvalue weighted by atomic mass is 127. The number of guanidine groups is 1. The smallest absolute Gasteiger partial charge is 0.193 e. The van der Waals surface area contributed by atoms with Crippen LogP contribution in [0.4, 0.5) is 0 Å². The van der Waals surface area contributed by atoms with Gasteiger partial charge >= 0.3 is 0 Å². The maximum absolute atomic E-state index is 4.63. The predicted molar refractivity (Wildman–Crippen MR) is 150 cm³/mol. The Morgan fingerprint density at radius 2 is 1.79 bits per heavy atom. The first-order valence-corrected chi connectivity index (χ1v) is 12.9. The Morgan fingerprint density at radius 3 is 2.55 bits per heavy atom. The van der Waals surface area contributed by atoms with Crippen LogP contribution in [0.15, 0.2) is 35.3 Å². The number of likely N-dealkylation sites (N-methyl/N-ethyl adjacent to an activating group) is 1. The molecule has 3 saturated heterocycles. The number of nitrogens with one attached hydrogen (secondary N) is 1. The minimum absolute atomic E-state index is 0. The molecule has 1 N–H and O–H groups in total. The summed E-state index contributed by atoms with van der Waals surface area (Å²) in [7, 11) is 4.17. The number of piperidine rings is 2. The molecule has 0 radical (unpaired) electrons. The maximum atomic E-state index is 4.63. The minimum atomic E-state index is 0. The van der Waals surface area contributed by atoms with Crippen molar-refractivity contribution in [1.29, 1.82) is 0 Å². The monoisotopic (exact) mass is 568 g/mol. The van der Waals surface area contributed by atoms with Crippen LogP contribution in [0, 0.1) is 5.92 Å². The molecule has 0 aromatic heterocycles. The van der Waals surface area contributed by atoms with Crippen molar-refractivity contribution >= 4 is 29.9 Å². The summed E-state index contributed by atoms with van der Waals surface area (Å²) in [5.74, 6) is 1.88. The Labute approximate surface area is 218 Å². The molecule has 3 fully saturated rings. The van der Waals surface area contributed by atoms with Crippen LogP contribution in [-0.2, 0) is 6.54 Å². The van der Waals surface area contributed by atoms with Gasteiger partial charge in [0.05, 0.1) is 0 Å². The van der Waals surface area contributed by atoms with E-state index in [1.54, 1.807) is 0 Å². The summed E-state index contributed by atoms with van der Waals surface area (Å²) in [6, 6.07) is 11.7. The van der Waals surface area contributed by atoms with Crippen molar-refractivity contribution in [3.8, 4) is 0 Å². The Balaban J connectivity index is 0.00000306. The first kappa shape index (κ1) is 26.7. The summed E-state index contributed by atoms with van der Waals surface area (Å²) in [6.45, 7) is 11.8. The van der Waals surface area contributed by atoms with Gasteiger partial charge in [-0.05, 0) is 63.7 Å². The van der Waals surface area contributed by atoms with Gasteiger partial charge in [-0.2, -0.15) is 0 Å². The zero-order valence-electron chi connectivity index (χ0n) is 20.8. The summed E-state index contributed by atoms with van der Waals surface area (Å²) in [4.78, 5) is 14.9. The topological polar surface area (TPSA) is 37.4 Å². The molecule has 0 amide bonds. The number of hydrogen-bond acceptors (Lipinski definition) is 4. The fourth-order valence-corrected chi connectivity index (χ4v) is 5.78. The molecule has 33 heavy (non-hydrogen) atoms. The second-order valence-corrected chi connectivity index (χ2v) is 9.99. The molecule has 7 heteroatoms. The van der Waals surface area contributed by atoms with Gasteiger partial charge in [-0.1, -0.05) is 30.3 Å². The van der Waals surface area contributed by atoms with Gasteiger partial charge in [0, 0.05) is 65.4 Å². The fraction of sp³-hybridized carbons (Fsp3) is 0.731. The molecule has 2 atom stereocenters. The number of aliphatic imine (C=N–C) groups is 1. The van der Waals surface area contributed by atoms with Crippen LogP contribution >= 0.6 is 24.0 Å². The molecule has 1 aromatic carbocycles. The molecule has 0 spiro atoms. The molecule has 3 aliphatic heterocycles. The van der Waals surface area contributed by atoms with E-state index in [9.17, 15) is 0 Å². The van der Waals surface area contributed by atoms with E-state index in [0.717, 1.165) is 44.1 Å².